The Bertz CT molecular complexity index is 1330. The summed E-state index contributed by atoms with van der Waals surface area (Å²) in [7, 11) is 1.57. The van der Waals surface area contributed by atoms with Gasteiger partial charge in [-0.2, -0.15) is 9.78 Å². The van der Waals surface area contributed by atoms with Gasteiger partial charge in [0.2, 0.25) is 0 Å². The van der Waals surface area contributed by atoms with E-state index in [-0.39, 0.29) is 5.56 Å². The van der Waals surface area contributed by atoms with E-state index in [0.717, 1.165) is 11.1 Å². The highest BCUT2D eigenvalue weighted by Crippen LogP contribution is 2.29. The van der Waals surface area contributed by atoms with Crippen LogP contribution in [0.3, 0.4) is 0 Å². The molecule has 0 atom stereocenters. The molecule has 0 N–H and O–H groups in total. The van der Waals surface area contributed by atoms with E-state index in [4.69, 9.17) is 21.1 Å². The molecule has 0 radical (unpaired) electrons. The second-order valence-electron chi connectivity index (χ2n) is 6.83. The van der Waals surface area contributed by atoms with Crippen LogP contribution in [0.5, 0.6) is 11.5 Å². The fourth-order valence-electron chi connectivity index (χ4n) is 3.15. The average Bonchev–Trinajstić information content (AvgIpc) is 2.78. The van der Waals surface area contributed by atoms with Crippen molar-refractivity contribution >= 4 is 28.7 Å². The van der Waals surface area contributed by atoms with Gasteiger partial charge in [-0.25, -0.2) is 4.98 Å². The number of para-hydroxylation sites is 1. The van der Waals surface area contributed by atoms with Crippen molar-refractivity contribution in [3.05, 3.63) is 99.1 Å². The maximum atomic E-state index is 12.7. The first-order chi connectivity index (χ1) is 15.1. The number of hydrogen-bond acceptors (Lipinski definition) is 5. The van der Waals surface area contributed by atoms with Crippen molar-refractivity contribution in [1.29, 1.82) is 0 Å². The highest BCUT2D eigenvalue weighted by atomic mass is 35.5. The van der Waals surface area contributed by atoms with Crippen LogP contribution in [-0.4, -0.2) is 23.0 Å². The number of aromatic nitrogens is 2. The van der Waals surface area contributed by atoms with Gasteiger partial charge in [-0.05, 0) is 48.9 Å². The Kier molecular flexibility index (Phi) is 6.00. The zero-order chi connectivity index (χ0) is 21.8. The third kappa shape index (κ3) is 4.44. The summed E-state index contributed by atoms with van der Waals surface area (Å²) < 4.78 is 12.6. The van der Waals surface area contributed by atoms with E-state index in [1.54, 1.807) is 44.5 Å². The van der Waals surface area contributed by atoms with Gasteiger partial charge in [-0.1, -0.05) is 41.9 Å². The number of benzene rings is 3. The summed E-state index contributed by atoms with van der Waals surface area (Å²) in [6.07, 6.45) is 1.59. The molecule has 0 bridgehead atoms. The van der Waals surface area contributed by atoms with Crippen molar-refractivity contribution in [2.24, 2.45) is 5.10 Å². The lowest BCUT2D eigenvalue weighted by molar-refractivity contribution is 0.284. The van der Waals surface area contributed by atoms with Crippen LogP contribution in [0, 0.1) is 6.92 Å². The molecule has 0 saturated carbocycles. The van der Waals surface area contributed by atoms with Gasteiger partial charge in [0.25, 0.3) is 5.56 Å². The molecule has 0 aliphatic carbocycles. The van der Waals surface area contributed by atoms with Crippen molar-refractivity contribution in [2.75, 3.05) is 7.11 Å². The maximum absolute atomic E-state index is 12.7. The minimum absolute atomic E-state index is 0.217. The van der Waals surface area contributed by atoms with Gasteiger partial charge in [0, 0.05) is 10.6 Å². The second-order valence-corrected chi connectivity index (χ2v) is 7.24. The summed E-state index contributed by atoms with van der Waals surface area (Å²) in [5.41, 5.74) is 2.07. The Morgan fingerprint density at radius 2 is 1.84 bits per heavy atom. The number of hydrogen-bond donors (Lipinski definition) is 0. The van der Waals surface area contributed by atoms with E-state index in [2.05, 4.69) is 10.1 Å². The Labute approximate surface area is 184 Å². The molecule has 7 heteroatoms. The lowest BCUT2D eigenvalue weighted by Gasteiger charge is -2.12. The monoisotopic (exact) mass is 433 g/mol. The molecule has 6 nitrogen and oxygen atoms in total. The summed E-state index contributed by atoms with van der Waals surface area (Å²) >= 11 is 6.19. The largest absolute Gasteiger partial charge is 0.493 e. The Hall–Kier alpha value is -3.64. The molecule has 4 rings (SSSR count). The van der Waals surface area contributed by atoms with E-state index >= 15 is 0 Å². The second kappa shape index (κ2) is 9.02. The Morgan fingerprint density at radius 1 is 1.06 bits per heavy atom. The van der Waals surface area contributed by atoms with Crippen molar-refractivity contribution in [1.82, 2.24) is 9.66 Å². The third-order valence-electron chi connectivity index (χ3n) is 4.77. The maximum Gasteiger partial charge on any atom is 0.282 e. The molecule has 0 amide bonds. The quantitative estimate of drug-likeness (QED) is 0.408. The Morgan fingerprint density at radius 3 is 2.65 bits per heavy atom. The van der Waals surface area contributed by atoms with Crippen LogP contribution in [0.4, 0.5) is 0 Å². The van der Waals surface area contributed by atoms with Gasteiger partial charge in [0.1, 0.15) is 12.4 Å². The highest BCUT2D eigenvalue weighted by Gasteiger charge is 2.09. The molecule has 0 fully saturated rings. The molecule has 0 unspecified atom stereocenters. The number of nitrogens with zero attached hydrogens (tertiary/aromatic N) is 3. The number of rotatable bonds is 6. The number of aryl methyl sites for hydroxylation is 1. The number of fused-ring (bicyclic) bond motifs is 1. The van der Waals surface area contributed by atoms with Crippen LogP contribution in [-0.2, 0) is 6.61 Å². The summed E-state index contributed by atoms with van der Waals surface area (Å²) in [6.45, 7) is 2.07. The molecule has 1 heterocycles. The first-order valence-electron chi connectivity index (χ1n) is 9.64. The molecule has 4 aromatic rings. The van der Waals surface area contributed by atoms with Gasteiger partial charge in [-0.15, -0.1) is 0 Å². The van der Waals surface area contributed by atoms with E-state index in [1.165, 1.54) is 4.68 Å². The number of ether oxygens (including phenoxy) is 2. The van der Waals surface area contributed by atoms with Crippen LogP contribution >= 0.6 is 11.6 Å². The standard InChI is InChI=1S/C24H20ClN3O3/c1-16-27-21-10-6-4-8-19(21)24(29)28(16)26-14-17-11-12-22(23(13-17)30-2)31-15-18-7-3-5-9-20(18)25/h3-14H,15H2,1-2H3. The Balaban J connectivity index is 1.58. The normalized spacial score (nSPS) is 11.2. The average molecular weight is 434 g/mol. The minimum atomic E-state index is -0.217. The van der Waals surface area contributed by atoms with Gasteiger partial charge < -0.3 is 9.47 Å². The molecular weight excluding hydrogens is 414 g/mol. The van der Waals surface area contributed by atoms with E-state index in [9.17, 15) is 4.79 Å². The molecule has 0 saturated heterocycles. The van der Waals surface area contributed by atoms with Crippen molar-refractivity contribution in [3.8, 4) is 11.5 Å². The molecule has 156 valence electrons. The highest BCUT2D eigenvalue weighted by molar-refractivity contribution is 6.31. The SMILES string of the molecule is COc1cc(C=Nn2c(C)nc3ccccc3c2=O)ccc1OCc1ccccc1Cl. The lowest BCUT2D eigenvalue weighted by atomic mass is 10.2. The first-order valence-corrected chi connectivity index (χ1v) is 10.0. The molecule has 0 spiro atoms. The fourth-order valence-corrected chi connectivity index (χ4v) is 3.34. The molecular formula is C24H20ClN3O3. The summed E-state index contributed by atoms with van der Waals surface area (Å²) in [5, 5.41) is 5.51. The fraction of sp³-hybridized carbons (Fsp3) is 0.125. The van der Waals surface area contributed by atoms with Crippen LogP contribution in [0.25, 0.3) is 10.9 Å². The van der Waals surface area contributed by atoms with Crippen LogP contribution < -0.4 is 15.0 Å². The van der Waals surface area contributed by atoms with E-state index < -0.39 is 0 Å². The lowest BCUT2D eigenvalue weighted by Crippen LogP contribution is -2.20. The summed E-state index contributed by atoms with van der Waals surface area (Å²) in [5.74, 6) is 1.64. The molecule has 0 aliphatic rings. The van der Waals surface area contributed by atoms with Gasteiger partial charge in [0.05, 0.1) is 24.2 Å². The van der Waals surface area contributed by atoms with Crippen molar-refractivity contribution in [2.45, 2.75) is 13.5 Å². The summed E-state index contributed by atoms with van der Waals surface area (Å²) in [4.78, 5) is 17.2. The van der Waals surface area contributed by atoms with Gasteiger partial charge in [-0.3, -0.25) is 4.79 Å². The zero-order valence-electron chi connectivity index (χ0n) is 17.1. The summed E-state index contributed by atoms with van der Waals surface area (Å²) in [6, 6.07) is 20.1. The molecule has 1 aromatic heterocycles. The van der Waals surface area contributed by atoms with E-state index in [0.29, 0.717) is 39.9 Å². The van der Waals surface area contributed by atoms with Crippen LogP contribution in [0.2, 0.25) is 5.02 Å². The number of methoxy groups -OCH3 is 1. The van der Waals surface area contributed by atoms with Gasteiger partial charge in [0.15, 0.2) is 11.5 Å². The zero-order valence-corrected chi connectivity index (χ0v) is 17.8. The molecule has 3 aromatic carbocycles. The topological polar surface area (TPSA) is 65.7 Å². The van der Waals surface area contributed by atoms with E-state index in [1.807, 2.05) is 42.5 Å². The molecule has 31 heavy (non-hydrogen) atoms. The van der Waals surface area contributed by atoms with Crippen molar-refractivity contribution < 1.29 is 9.47 Å². The minimum Gasteiger partial charge on any atom is -0.493 e. The van der Waals surface area contributed by atoms with Crippen LogP contribution in [0.1, 0.15) is 17.0 Å². The molecule has 0 aliphatic heterocycles. The number of halogens is 1. The smallest absolute Gasteiger partial charge is 0.282 e. The predicted octanol–water partition coefficient (Wildman–Crippen LogP) is 4.83. The van der Waals surface area contributed by atoms with Crippen LogP contribution in [0.15, 0.2) is 76.6 Å². The predicted molar refractivity (Wildman–Crippen MR) is 123 cm³/mol. The van der Waals surface area contributed by atoms with Crippen molar-refractivity contribution in [3.63, 3.8) is 0 Å². The van der Waals surface area contributed by atoms with Gasteiger partial charge >= 0.3 is 0 Å². The first kappa shape index (κ1) is 20.6. The third-order valence-corrected chi connectivity index (χ3v) is 5.14.